The highest BCUT2D eigenvalue weighted by Gasteiger charge is 2.12. The van der Waals surface area contributed by atoms with Crippen molar-refractivity contribution in [3.05, 3.63) is 24.3 Å². The van der Waals surface area contributed by atoms with Crippen LogP contribution in [0.1, 0.15) is 26.7 Å². The first-order valence-electron chi connectivity index (χ1n) is 6.09. The van der Waals surface area contributed by atoms with Crippen LogP contribution in [-0.4, -0.2) is 18.5 Å². The van der Waals surface area contributed by atoms with E-state index in [9.17, 15) is 0 Å². The quantitative estimate of drug-likeness (QED) is 0.700. The summed E-state index contributed by atoms with van der Waals surface area (Å²) in [7, 11) is 1.66. The number of para-hydroxylation sites is 2. The molecule has 96 valence electrons. The highest BCUT2D eigenvalue weighted by Crippen LogP contribution is 2.26. The van der Waals surface area contributed by atoms with Crippen molar-refractivity contribution in [2.45, 2.75) is 31.5 Å². The lowest BCUT2D eigenvalue weighted by Crippen LogP contribution is -2.13. The van der Waals surface area contributed by atoms with Gasteiger partial charge in [-0.25, -0.2) is 0 Å². The van der Waals surface area contributed by atoms with Gasteiger partial charge in [-0.15, -0.1) is 0 Å². The first kappa shape index (κ1) is 14.4. The fourth-order valence-corrected chi connectivity index (χ4v) is 1.94. The van der Waals surface area contributed by atoms with Crippen molar-refractivity contribution in [3.8, 4) is 11.5 Å². The molecular formula is C14H21BrO2. The second-order valence-electron chi connectivity index (χ2n) is 4.19. The van der Waals surface area contributed by atoms with Gasteiger partial charge < -0.3 is 9.47 Å². The third-order valence-corrected chi connectivity index (χ3v) is 4.46. The maximum Gasteiger partial charge on any atom is 0.161 e. The van der Waals surface area contributed by atoms with Gasteiger partial charge in [0.2, 0.25) is 0 Å². The van der Waals surface area contributed by atoms with Crippen LogP contribution in [0.4, 0.5) is 0 Å². The van der Waals surface area contributed by atoms with Crippen molar-refractivity contribution in [2.75, 3.05) is 13.7 Å². The Kier molecular flexibility index (Phi) is 6.41. The molecule has 0 spiro atoms. The lowest BCUT2D eigenvalue weighted by atomic mass is 10.0. The normalized spacial score (nSPS) is 14.1. The van der Waals surface area contributed by atoms with E-state index < -0.39 is 0 Å². The van der Waals surface area contributed by atoms with Gasteiger partial charge in [0.05, 0.1) is 13.7 Å². The standard InChI is InChI=1S/C14H21BrO2/c1-4-12(15)11(2)9-10-17-14-8-6-5-7-13(14)16-3/h5-8,11-12H,4,9-10H2,1-3H3. The Morgan fingerprint density at radius 3 is 2.47 bits per heavy atom. The summed E-state index contributed by atoms with van der Waals surface area (Å²) in [6.07, 6.45) is 2.19. The Hall–Kier alpha value is -0.700. The summed E-state index contributed by atoms with van der Waals surface area (Å²) in [6.45, 7) is 5.16. The van der Waals surface area contributed by atoms with Crippen LogP contribution in [0.5, 0.6) is 11.5 Å². The van der Waals surface area contributed by atoms with Crippen LogP contribution in [0.2, 0.25) is 0 Å². The average molecular weight is 301 g/mol. The first-order chi connectivity index (χ1) is 8.19. The summed E-state index contributed by atoms with van der Waals surface area (Å²) < 4.78 is 11.0. The zero-order valence-corrected chi connectivity index (χ0v) is 12.4. The van der Waals surface area contributed by atoms with Crippen molar-refractivity contribution in [3.63, 3.8) is 0 Å². The van der Waals surface area contributed by atoms with E-state index in [1.165, 1.54) is 0 Å². The smallest absolute Gasteiger partial charge is 0.161 e. The van der Waals surface area contributed by atoms with Gasteiger partial charge in [0, 0.05) is 4.83 Å². The Morgan fingerprint density at radius 1 is 1.24 bits per heavy atom. The molecule has 0 aliphatic carbocycles. The van der Waals surface area contributed by atoms with Crippen molar-refractivity contribution in [1.82, 2.24) is 0 Å². The number of benzene rings is 1. The topological polar surface area (TPSA) is 18.5 Å². The molecule has 1 aromatic rings. The van der Waals surface area contributed by atoms with Crippen LogP contribution in [0.15, 0.2) is 24.3 Å². The Bertz CT molecular complexity index is 328. The number of ether oxygens (including phenoxy) is 2. The second-order valence-corrected chi connectivity index (χ2v) is 5.37. The fraction of sp³-hybridized carbons (Fsp3) is 0.571. The number of alkyl halides is 1. The van der Waals surface area contributed by atoms with Crippen LogP contribution in [0, 0.1) is 5.92 Å². The summed E-state index contributed by atoms with van der Waals surface area (Å²) in [5.41, 5.74) is 0. The Balaban J connectivity index is 2.40. The molecule has 0 amide bonds. The van der Waals surface area contributed by atoms with E-state index in [1.54, 1.807) is 7.11 Å². The average Bonchev–Trinajstić information content (AvgIpc) is 2.38. The van der Waals surface area contributed by atoms with E-state index >= 15 is 0 Å². The lowest BCUT2D eigenvalue weighted by Gasteiger charge is -2.17. The maximum absolute atomic E-state index is 5.75. The van der Waals surface area contributed by atoms with Crippen molar-refractivity contribution in [1.29, 1.82) is 0 Å². The van der Waals surface area contributed by atoms with Crippen molar-refractivity contribution in [2.24, 2.45) is 5.92 Å². The third kappa shape index (κ3) is 4.58. The number of methoxy groups -OCH3 is 1. The maximum atomic E-state index is 5.75. The predicted molar refractivity (Wildman–Crippen MR) is 75.3 cm³/mol. The van der Waals surface area contributed by atoms with E-state index in [0.717, 1.165) is 30.9 Å². The molecule has 0 saturated carbocycles. The number of halogens is 1. The molecule has 0 bridgehead atoms. The molecule has 0 saturated heterocycles. The van der Waals surface area contributed by atoms with E-state index in [1.807, 2.05) is 24.3 Å². The fourth-order valence-electron chi connectivity index (χ4n) is 1.68. The molecule has 0 radical (unpaired) electrons. The van der Waals surface area contributed by atoms with Gasteiger partial charge in [0.1, 0.15) is 0 Å². The molecule has 17 heavy (non-hydrogen) atoms. The molecule has 0 fully saturated rings. The highest BCUT2D eigenvalue weighted by atomic mass is 79.9. The summed E-state index contributed by atoms with van der Waals surface area (Å²) in [5.74, 6) is 2.24. The van der Waals surface area contributed by atoms with Gasteiger partial charge >= 0.3 is 0 Å². The highest BCUT2D eigenvalue weighted by molar-refractivity contribution is 9.09. The van der Waals surface area contributed by atoms with Gasteiger partial charge in [0.15, 0.2) is 11.5 Å². The molecule has 2 atom stereocenters. The number of hydrogen-bond donors (Lipinski definition) is 0. The molecule has 0 aliphatic rings. The molecular weight excluding hydrogens is 280 g/mol. The molecule has 0 heterocycles. The molecule has 3 heteroatoms. The molecule has 0 N–H and O–H groups in total. The SMILES string of the molecule is CCC(Br)C(C)CCOc1ccccc1OC. The minimum atomic E-state index is 0.573. The van der Waals surface area contributed by atoms with Gasteiger partial charge in [-0.3, -0.25) is 0 Å². The van der Waals surface area contributed by atoms with Crippen LogP contribution >= 0.6 is 15.9 Å². The molecule has 1 rings (SSSR count). The number of hydrogen-bond acceptors (Lipinski definition) is 2. The van der Waals surface area contributed by atoms with Crippen LogP contribution in [0.25, 0.3) is 0 Å². The van der Waals surface area contributed by atoms with Crippen LogP contribution < -0.4 is 9.47 Å². The first-order valence-corrected chi connectivity index (χ1v) is 7.00. The summed E-state index contributed by atoms with van der Waals surface area (Å²) in [5, 5.41) is 0. The van der Waals surface area contributed by atoms with Gasteiger partial charge in [-0.2, -0.15) is 0 Å². The summed E-state index contributed by atoms with van der Waals surface area (Å²) in [6, 6.07) is 7.76. The third-order valence-electron chi connectivity index (χ3n) is 2.91. The van der Waals surface area contributed by atoms with E-state index in [-0.39, 0.29) is 0 Å². The van der Waals surface area contributed by atoms with Crippen LogP contribution in [0.3, 0.4) is 0 Å². The van der Waals surface area contributed by atoms with E-state index in [2.05, 4.69) is 29.8 Å². The molecule has 1 aromatic carbocycles. The zero-order chi connectivity index (χ0) is 12.7. The largest absolute Gasteiger partial charge is 0.493 e. The molecule has 0 aliphatic heterocycles. The van der Waals surface area contributed by atoms with Gasteiger partial charge in [0.25, 0.3) is 0 Å². The zero-order valence-electron chi connectivity index (χ0n) is 10.8. The number of rotatable bonds is 7. The van der Waals surface area contributed by atoms with Gasteiger partial charge in [-0.1, -0.05) is 41.9 Å². The minimum Gasteiger partial charge on any atom is -0.493 e. The lowest BCUT2D eigenvalue weighted by molar-refractivity contribution is 0.267. The van der Waals surface area contributed by atoms with Gasteiger partial charge in [-0.05, 0) is 30.9 Å². The second kappa shape index (κ2) is 7.59. The van der Waals surface area contributed by atoms with Crippen LogP contribution in [-0.2, 0) is 0 Å². The summed E-state index contributed by atoms with van der Waals surface area (Å²) in [4.78, 5) is 0.573. The molecule has 2 nitrogen and oxygen atoms in total. The molecule has 2 unspecified atom stereocenters. The Morgan fingerprint density at radius 2 is 1.88 bits per heavy atom. The van der Waals surface area contributed by atoms with Crippen molar-refractivity contribution < 1.29 is 9.47 Å². The summed E-state index contributed by atoms with van der Waals surface area (Å²) >= 11 is 3.68. The van der Waals surface area contributed by atoms with E-state index in [0.29, 0.717) is 10.7 Å². The monoisotopic (exact) mass is 300 g/mol. The van der Waals surface area contributed by atoms with Crippen molar-refractivity contribution >= 4 is 15.9 Å². The minimum absolute atomic E-state index is 0.573. The molecule has 0 aromatic heterocycles. The van der Waals surface area contributed by atoms with E-state index in [4.69, 9.17) is 9.47 Å². The Labute approximate surface area is 112 Å². The predicted octanol–water partition coefficient (Wildman–Crippen LogP) is 4.27.